The molecule has 2 aliphatic heterocycles. The number of benzene rings is 1. The first-order valence-electron chi connectivity index (χ1n) is 13.2. The summed E-state index contributed by atoms with van der Waals surface area (Å²) in [5.41, 5.74) is 5.69. The Labute approximate surface area is 214 Å². The van der Waals surface area contributed by atoms with Gasteiger partial charge in [-0.1, -0.05) is 25.3 Å². The number of rotatable bonds is 5. The molecule has 2 heterocycles. The molecule has 2 fully saturated rings. The van der Waals surface area contributed by atoms with Crippen LogP contribution in [0.5, 0.6) is 0 Å². The van der Waals surface area contributed by atoms with Crippen LogP contribution >= 0.6 is 0 Å². The topological polar surface area (TPSA) is 91.4 Å². The predicted molar refractivity (Wildman–Crippen MR) is 136 cm³/mol. The van der Waals surface area contributed by atoms with Crippen molar-refractivity contribution >= 4 is 23.8 Å². The minimum atomic E-state index is -0.527. The van der Waals surface area contributed by atoms with Crippen LogP contribution in [0.15, 0.2) is 18.2 Å². The molecule has 0 spiro atoms. The quantitative estimate of drug-likeness (QED) is 0.608. The molecule has 198 valence electrons. The van der Waals surface area contributed by atoms with Gasteiger partial charge in [0.15, 0.2) is 0 Å². The van der Waals surface area contributed by atoms with Crippen molar-refractivity contribution in [2.45, 2.75) is 83.9 Å². The van der Waals surface area contributed by atoms with Crippen LogP contribution in [-0.2, 0) is 27.1 Å². The van der Waals surface area contributed by atoms with Gasteiger partial charge in [0.05, 0.1) is 13.5 Å². The zero-order valence-electron chi connectivity index (χ0n) is 22.0. The SMILES string of the molecule is COC(=O)CCN1NC(=O)N(c2ccc3c(c2)CCN(C(=O)OC(C)(C)C)CC3)C1C1CCCCC1. The van der Waals surface area contributed by atoms with E-state index >= 15 is 0 Å². The number of carbonyl (C=O) groups excluding carboxylic acids is 3. The van der Waals surface area contributed by atoms with Crippen LogP contribution in [0.3, 0.4) is 0 Å². The molecule has 3 aliphatic rings. The molecule has 36 heavy (non-hydrogen) atoms. The lowest BCUT2D eigenvalue weighted by molar-refractivity contribution is -0.141. The van der Waals surface area contributed by atoms with E-state index in [0.717, 1.165) is 43.4 Å². The summed E-state index contributed by atoms with van der Waals surface area (Å²) >= 11 is 0. The maximum absolute atomic E-state index is 13.3. The molecule has 0 aromatic heterocycles. The Morgan fingerprint density at radius 3 is 2.42 bits per heavy atom. The van der Waals surface area contributed by atoms with Crippen LogP contribution in [0.2, 0.25) is 0 Å². The van der Waals surface area contributed by atoms with Crippen molar-refractivity contribution < 1.29 is 23.9 Å². The van der Waals surface area contributed by atoms with E-state index in [0.29, 0.717) is 32.0 Å². The summed E-state index contributed by atoms with van der Waals surface area (Å²) in [5.74, 6) is 0.0430. The van der Waals surface area contributed by atoms with E-state index < -0.39 is 5.60 Å². The first-order valence-corrected chi connectivity index (χ1v) is 13.2. The van der Waals surface area contributed by atoms with E-state index in [9.17, 15) is 14.4 Å². The average Bonchev–Trinajstić information content (AvgIpc) is 3.02. The number of fused-ring (bicyclic) bond motifs is 1. The minimum absolute atomic E-state index is 0.149. The average molecular weight is 501 g/mol. The number of carbonyl (C=O) groups is 3. The normalized spacial score (nSPS) is 21.6. The Morgan fingerprint density at radius 2 is 1.75 bits per heavy atom. The van der Waals surface area contributed by atoms with Gasteiger partial charge in [-0.2, -0.15) is 5.01 Å². The largest absolute Gasteiger partial charge is 0.469 e. The highest BCUT2D eigenvalue weighted by Gasteiger charge is 2.43. The number of hydrazine groups is 1. The van der Waals surface area contributed by atoms with Gasteiger partial charge in [0.25, 0.3) is 0 Å². The summed E-state index contributed by atoms with van der Waals surface area (Å²) in [6.07, 6.45) is 6.88. The van der Waals surface area contributed by atoms with Crippen molar-refractivity contribution in [3.8, 4) is 0 Å². The minimum Gasteiger partial charge on any atom is -0.469 e. The van der Waals surface area contributed by atoms with Gasteiger partial charge in [-0.3, -0.25) is 15.1 Å². The Morgan fingerprint density at radius 1 is 1.06 bits per heavy atom. The molecule has 1 saturated carbocycles. The lowest BCUT2D eigenvalue weighted by Gasteiger charge is -2.36. The molecule has 0 radical (unpaired) electrons. The number of hydrogen-bond acceptors (Lipinski definition) is 6. The Balaban J connectivity index is 1.54. The summed E-state index contributed by atoms with van der Waals surface area (Å²) < 4.78 is 10.4. The smallest absolute Gasteiger partial charge is 0.410 e. The lowest BCUT2D eigenvalue weighted by atomic mass is 9.86. The maximum atomic E-state index is 13.3. The van der Waals surface area contributed by atoms with Gasteiger partial charge in [-0.15, -0.1) is 0 Å². The fourth-order valence-electron chi connectivity index (χ4n) is 5.54. The molecule has 1 saturated heterocycles. The van der Waals surface area contributed by atoms with Crippen LogP contribution in [0, 0.1) is 5.92 Å². The number of amides is 3. The first-order chi connectivity index (χ1) is 17.2. The number of nitrogens with zero attached hydrogens (tertiary/aromatic N) is 3. The summed E-state index contributed by atoms with van der Waals surface area (Å²) in [7, 11) is 1.38. The number of nitrogens with one attached hydrogen (secondary N) is 1. The molecule has 1 unspecified atom stereocenters. The van der Waals surface area contributed by atoms with Crippen molar-refractivity contribution in [1.29, 1.82) is 0 Å². The number of methoxy groups -OCH3 is 1. The molecule has 9 nitrogen and oxygen atoms in total. The van der Waals surface area contributed by atoms with Crippen molar-refractivity contribution in [2.24, 2.45) is 5.92 Å². The van der Waals surface area contributed by atoms with Crippen LogP contribution in [-0.4, -0.2) is 66.5 Å². The summed E-state index contributed by atoms with van der Waals surface area (Å²) in [6, 6.07) is 6.04. The van der Waals surface area contributed by atoms with Gasteiger partial charge in [-0.05, 0) is 75.6 Å². The predicted octanol–water partition coefficient (Wildman–Crippen LogP) is 4.24. The van der Waals surface area contributed by atoms with E-state index in [2.05, 4.69) is 17.6 Å². The molecular formula is C27H40N4O5. The van der Waals surface area contributed by atoms with Gasteiger partial charge < -0.3 is 14.4 Å². The van der Waals surface area contributed by atoms with E-state index in [1.165, 1.54) is 19.1 Å². The van der Waals surface area contributed by atoms with E-state index in [-0.39, 0.29) is 30.7 Å². The number of esters is 1. The van der Waals surface area contributed by atoms with E-state index in [4.69, 9.17) is 9.47 Å². The number of anilines is 1. The molecule has 0 bridgehead atoms. The number of hydrogen-bond donors (Lipinski definition) is 1. The first kappa shape index (κ1) is 26.3. The number of ether oxygens (including phenoxy) is 2. The van der Waals surface area contributed by atoms with Crippen molar-refractivity contribution in [3.05, 3.63) is 29.3 Å². The Hall–Kier alpha value is -2.81. The third kappa shape index (κ3) is 6.11. The monoisotopic (exact) mass is 500 g/mol. The maximum Gasteiger partial charge on any atom is 0.410 e. The summed E-state index contributed by atoms with van der Waals surface area (Å²) in [6.45, 7) is 7.23. The third-order valence-electron chi connectivity index (χ3n) is 7.32. The number of urea groups is 1. The fraction of sp³-hybridized carbons (Fsp3) is 0.667. The van der Waals surface area contributed by atoms with Crippen molar-refractivity contribution in [2.75, 3.05) is 31.6 Å². The van der Waals surface area contributed by atoms with Crippen molar-refractivity contribution in [3.63, 3.8) is 0 Å². The van der Waals surface area contributed by atoms with Crippen LogP contribution in [0.4, 0.5) is 15.3 Å². The van der Waals surface area contributed by atoms with Crippen LogP contribution in [0.1, 0.15) is 70.4 Å². The van der Waals surface area contributed by atoms with Crippen LogP contribution < -0.4 is 10.3 Å². The lowest BCUT2D eigenvalue weighted by Crippen LogP contribution is -2.47. The molecule has 1 aromatic rings. The summed E-state index contributed by atoms with van der Waals surface area (Å²) in [4.78, 5) is 41.3. The molecule has 1 atom stereocenters. The molecule has 4 rings (SSSR count). The van der Waals surface area contributed by atoms with E-state index in [1.54, 1.807) is 4.90 Å². The third-order valence-corrected chi connectivity index (χ3v) is 7.32. The van der Waals surface area contributed by atoms with E-state index in [1.807, 2.05) is 36.7 Å². The summed E-state index contributed by atoms with van der Waals surface area (Å²) in [5, 5.41) is 1.92. The van der Waals surface area contributed by atoms with Gasteiger partial charge in [0.2, 0.25) is 0 Å². The fourth-order valence-corrected chi connectivity index (χ4v) is 5.54. The van der Waals surface area contributed by atoms with Gasteiger partial charge >= 0.3 is 18.1 Å². The second-order valence-electron chi connectivity index (χ2n) is 11.0. The Kier molecular flexibility index (Phi) is 8.07. The zero-order valence-corrected chi connectivity index (χ0v) is 22.0. The van der Waals surface area contributed by atoms with Gasteiger partial charge in [-0.25, -0.2) is 9.59 Å². The Bertz CT molecular complexity index is 969. The molecule has 3 amide bonds. The molecule has 9 heteroatoms. The standard InChI is InChI=1S/C27H40N4O5/c1-27(2,3)36-26(34)29-15-12-19-10-11-22(18-21(19)13-16-29)31-24(20-8-6-5-7-9-20)30(28-25(31)33)17-14-23(32)35-4/h10-11,18,20,24H,5-9,12-17H2,1-4H3,(H,28,33). The molecule has 1 aliphatic carbocycles. The highest BCUT2D eigenvalue weighted by Crippen LogP contribution is 2.36. The molecule has 1 aromatic carbocycles. The highest BCUT2D eigenvalue weighted by atomic mass is 16.6. The van der Waals surface area contributed by atoms with Crippen molar-refractivity contribution in [1.82, 2.24) is 15.3 Å². The van der Waals surface area contributed by atoms with Gasteiger partial charge in [0, 0.05) is 25.3 Å². The zero-order chi connectivity index (χ0) is 25.9. The second kappa shape index (κ2) is 11.1. The van der Waals surface area contributed by atoms with Crippen LogP contribution in [0.25, 0.3) is 0 Å². The highest BCUT2D eigenvalue weighted by molar-refractivity contribution is 5.94. The molecule has 1 N–H and O–H groups in total. The molecular weight excluding hydrogens is 460 g/mol. The van der Waals surface area contributed by atoms with Gasteiger partial charge in [0.1, 0.15) is 11.8 Å². The second-order valence-corrected chi connectivity index (χ2v) is 11.0.